The number of hydrogen-bond acceptors (Lipinski definition) is 2. The topological polar surface area (TPSA) is 27.6 Å². The largest absolute Gasteiger partial charge is 0.274 e. The van der Waals surface area contributed by atoms with E-state index in [0.29, 0.717) is 0 Å². The average Bonchev–Trinajstić information content (AvgIpc) is 1.97. The van der Waals surface area contributed by atoms with Crippen LogP contribution < -0.4 is 5.43 Å². The first-order valence-corrected chi connectivity index (χ1v) is 3.21. The van der Waals surface area contributed by atoms with Crippen molar-refractivity contribution < 1.29 is 0 Å². The maximum absolute atomic E-state index is 4.00. The first-order chi connectivity index (χ1) is 4.81. The van der Waals surface area contributed by atoms with Crippen molar-refractivity contribution in [1.29, 1.82) is 0 Å². The van der Waals surface area contributed by atoms with E-state index in [1.54, 1.807) is 18.3 Å². The van der Waals surface area contributed by atoms with Gasteiger partial charge in [-0.25, -0.2) is 0 Å². The molecule has 0 saturated carbocycles. The second-order valence-electron chi connectivity index (χ2n) is 1.71. The summed E-state index contributed by atoms with van der Waals surface area (Å²) >= 11 is 0. The molecule has 56 valence electrons. The lowest BCUT2D eigenvalue weighted by Gasteiger charge is -2.08. The molecule has 0 bridgehead atoms. The van der Waals surface area contributed by atoms with Crippen molar-refractivity contribution in [3.63, 3.8) is 0 Å². The monoisotopic (exact) mass is 139 g/mol. The van der Waals surface area contributed by atoms with Gasteiger partial charge < -0.3 is 0 Å². The van der Waals surface area contributed by atoms with Gasteiger partial charge in [0, 0.05) is 19.6 Å². The van der Waals surface area contributed by atoms with Crippen molar-refractivity contribution in [2.24, 2.45) is 4.99 Å². The number of nitrogens with zero attached hydrogens (tertiary/aromatic N) is 2. The third kappa shape index (κ3) is 4.98. The van der Waals surface area contributed by atoms with Crippen LogP contribution in [0.25, 0.3) is 0 Å². The highest BCUT2D eigenvalue weighted by Gasteiger charge is 1.80. The molecule has 0 aliphatic heterocycles. The highest BCUT2D eigenvalue weighted by Crippen LogP contribution is 1.67. The normalized spacial score (nSPS) is 8.70. The van der Waals surface area contributed by atoms with E-state index in [2.05, 4.69) is 22.4 Å². The molecule has 0 rings (SSSR count). The van der Waals surface area contributed by atoms with Crippen molar-refractivity contribution in [2.45, 2.75) is 13.8 Å². The molecule has 0 aromatic rings. The Bertz CT molecular complexity index is 152. The molecule has 3 nitrogen and oxygen atoms in total. The Hall–Kier alpha value is -1.17. The standard InChI is InChI=1S/C7H13N3/c1-4-6-9-10(3)7-8-5-2/h7,9H,5H2,1-3H3/b8-7-. The minimum Gasteiger partial charge on any atom is -0.274 e. The molecule has 0 fully saturated rings. The summed E-state index contributed by atoms with van der Waals surface area (Å²) in [6, 6.07) is 2.69. The summed E-state index contributed by atoms with van der Waals surface area (Å²) in [4.78, 5) is 4.00. The van der Waals surface area contributed by atoms with Gasteiger partial charge in [-0.05, 0) is 13.8 Å². The van der Waals surface area contributed by atoms with Gasteiger partial charge in [0.05, 0.1) is 0 Å². The lowest BCUT2D eigenvalue weighted by atomic mass is 10.8. The minimum absolute atomic E-state index is 0.797. The number of hydrazine groups is 1. The Labute approximate surface area is 62.1 Å². The Morgan fingerprint density at radius 1 is 1.70 bits per heavy atom. The molecule has 0 spiro atoms. The van der Waals surface area contributed by atoms with Crippen LogP contribution in [-0.2, 0) is 0 Å². The summed E-state index contributed by atoms with van der Waals surface area (Å²) in [7, 11) is 1.85. The highest BCUT2D eigenvalue weighted by molar-refractivity contribution is 5.53. The van der Waals surface area contributed by atoms with Crippen LogP contribution in [0.1, 0.15) is 13.8 Å². The first kappa shape index (κ1) is 8.83. The molecule has 0 atom stereocenters. The summed E-state index contributed by atoms with van der Waals surface area (Å²) in [6.07, 6.45) is 1.70. The van der Waals surface area contributed by atoms with Crippen LogP contribution in [0.3, 0.4) is 0 Å². The van der Waals surface area contributed by atoms with Crippen LogP contribution in [0.15, 0.2) is 4.99 Å². The number of hydrogen-bond donors (Lipinski definition) is 1. The van der Waals surface area contributed by atoms with Crippen molar-refractivity contribution in [2.75, 3.05) is 13.6 Å². The second kappa shape index (κ2) is 5.96. The van der Waals surface area contributed by atoms with E-state index in [0.717, 1.165) is 6.54 Å². The predicted molar refractivity (Wildman–Crippen MR) is 43.4 cm³/mol. The molecule has 0 saturated heterocycles. The van der Waals surface area contributed by atoms with E-state index in [4.69, 9.17) is 0 Å². The Kier molecular flexibility index (Phi) is 5.26. The zero-order valence-electron chi connectivity index (χ0n) is 6.68. The smallest absolute Gasteiger partial charge is 0.104 e. The minimum atomic E-state index is 0.797. The molecule has 0 unspecified atom stereocenters. The van der Waals surface area contributed by atoms with Gasteiger partial charge in [0.15, 0.2) is 0 Å². The zero-order chi connectivity index (χ0) is 7.82. The Balaban J connectivity index is 3.49. The lowest BCUT2D eigenvalue weighted by Crippen LogP contribution is -2.28. The predicted octanol–water partition coefficient (Wildman–Crippen LogP) is 0.452. The van der Waals surface area contributed by atoms with Gasteiger partial charge in [-0.15, -0.1) is 0 Å². The molecule has 0 radical (unpaired) electrons. The summed E-state index contributed by atoms with van der Waals surface area (Å²) in [6.45, 7) is 4.55. The van der Waals surface area contributed by atoms with Crippen LogP contribution >= 0.6 is 0 Å². The molecule has 0 heterocycles. The first-order valence-electron chi connectivity index (χ1n) is 3.21. The van der Waals surface area contributed by atoms with E-state index in [1.807, 2.05) is 14.0 Å². The number of rotatable bonds is 3. The van der Waals surface area contributed by atoms with Gasteiger partial charge in [-0.3, -0.25) is 15.4 Å². The highest BCUT2D eigenvalue weighted by atomic mass is 15.5. The van der Waals surface area contributed by atoms with E-state index >= 15 is 0 Å². The maximum atomic E-state index is 4.00. The van der Waals surface area contributed by atoms with Crippen LogP contribution in [0.4, 0.5) is 0 Å². The summed E-state index contributed by atoms with van der Waals surface area (Å²) in [5, 5.41) is 1.71. The molecule has 0 amide bonds. The van der Waals surface area contributed by atoms with E-state index in [-0.39, 0.29) is 0 Å². The Morgan fingerprint density at radius 3 is 2.90 bits per heavy atom. The average molecular weight is 139 g/mol. The summed E-state index contributed by atoms with van der Waals surface area (Å²) in [5.74, 6) is 2.71. The third-order valence-electron chi connectivity index (χ3n) is 0.795. The van der Waals surface area contributed by atoms with Crippen LogP contribution in [0.5, 0.6) is 0 Å². The lowest BCUT2D eigenvalue weighted by molar-refractivity contribution is 0.458. The van der Waals surface area contributed by atoms with Crippen molar-refractivity contribution in [3.8, 4) is 12.0 Å². The Morgan fingerprint density at radius 2 is 2.40 bits per heavy atom. The van der Waals surface area contributed by atoms with E-state index in [9.17, 15) is 0 Å². The number of aliphatic imine (C=N–C) groups is 1. The van der Waals surface area contributed by atoms with E-state index < -0.39 is 0 Å². The molecule has 0 aliphatic carbocycles. The molecule has 0 aliphatic rings. The fourth-order valence-corrected chi connectivity index (χ4v) is 0.377. The van der Waals surface area contributed by atoms with Crippen molar-refractivity contribution >= 4 is 6.34 Å². The molecule has 3 heteroatoms. The van der Waals surface area contributed by atoms with Gasteiger partial charge in [0.25, 0.3) is 0 Å². The van der Waals surface area contributed by atoms with Crippen LogP contribution in [0, 0.1) is 12.0 Å². The van der Waals surface area contributed by atoms with Crippen molar-refractivity contribution in [1.82, 2.24) is 10.4 Å². The quantitative estimate of drug-likeness (QED) is 0.202. The summed E-state index contributed by atoms with van der Waals surface area (Å²) < 4.78 is 0. The van der Waals surface area contributed by atoms with Gasteiger partial charge >= 0.3 is 0 Å². The zero-order valence-corrected chi connectivity index (χ0v) is 6.68. The fourth-order valence-electron chi connectivity index (χ4n) is 0.377. The third-order valence-corrected chi connectivity index (χ3v) is 0.795. The van der Waals surface area contributed by atoms with Gasteiger partial charge in [0.1, 0.15) is 6.34 Å². The maximum Gasteiger partial charge on any atom is 0.104 e. The molecular weight excluding hydrogens is 126 g/mol. The van der Waals surface area contributed by atoms with Crippen LogP contribution in [0.2, 0.25) is 0 Å². The van der Waals surface area contributed by atoms with Gasteiger partial charge in [0.2, 0.25) is 0 Å². The van der Waals surface area contributed by atoms with Crippen LogP contribution in [-0.4, -0.2) is 24.9 Å². The van der Waals surface area contributed by atoms with Crippen molar-refractivity contribution in [3.05, 3.63) is 0 Å². The molecule has 0 aromatic carbocycles. The van der Waals surface area contributed by atoms with Gasteiger partial charge in [-0.2, -0.15) is 0 Å². The second-order valence-corrected chi connectivity index (χ2v) is 1.71. The molecular formula is C7H13N3. The number of nitrogens with one attached hydrogen (secondary N) is 1. The summed E-state index contributed by atoms with van der Waals surface area (Å²) in [5.41, 5.74) is 2.79. The SMILES string of the molecule is CC#CNN(C)/C=N\CC. The van der Waals surface area contributed by atoms with Gasteiger partial charge in [-0.1, -0.05) is 5.92 Å². The molecule has 10 heavy (non-hydrogen) atoms. The molecule has 1 N–H and O–H groups in total. The molecule has 0 aromatic heterocycles. The van der Waals surface area contributed by atoms with E-state index in [1.165, 1.54) is 0 Å². The fraction of sp³-hybridized carbons (Fsp3) is 0.571.